The number of hydrogen-bond donors (Lipinski definition) is 2. The fraction of sp³-hybridized carbons (Fsp3) is 0.400. The van der Waals surface area contributed by atoms with Crippen LogP contribution in [0.4, 0.5) is 0 Å². The lowest BCUT2D eigenvalue weighted by Crippen LogP contribution is -2.43. The van der Waals surface area contributed by atoms with Gasteiger partial charge in [0.05, 0.1) is 6.10 Å². The highest BCUT2D eigenvalue weighted by molar-refractivity contribution is 5.94. The summed E-state index contributed by atoms with van der Waals surface area (Å²) in [5.41, 5.74) is 6.78. The number of aryl methyl sites for hydroxylation is 2. The zero-order valence-electron chi connectivity index (χ0n) is 20.0. The maximum Gasteiger partial charge on any atom is 0.251 e. The van der Waals surface area contributed by atoms with Crippen molar-refractivity contribution in [3.8, 4) is 0 Å². The van der Waals surface area contributed by atoms with E-state index in [9.17, 15) is 9.90 Å². The molecule has 2 N–H and O–H groups in total. The van der Waals surface area contributed by atoms with Crippen LogP contribution in [-0.4, -0.2) is 22.1 Å². The zero-order chi connectivity index (χ0) is 23.5. The first kappa shape index (κ1) is 22.8. The number of fused-ring (bicyclic) bond motifs is 3. The summed E-state index contributed by atoms with van der Waals surface area (Å²) in [4.78, 5) is 17.3. The number of carbonyl (C=O) groups excluding carboxylic acids is 1. The number of nitrogens with zero attached hydrogens (tertiary/aromatic N) is 1. The molecule has 1 aromatic heterocycles. The Balaban J connectivity index is 1.45. The van der Waals surface area contributed by atoms with Gasteiger partial charge in [-0.05, 0) is 98.2 Å². The summed E-state index contributed by atoms with van der Waals surface area (Å²) in [7, 11) is 0. The van der Waals surface area contributed by atoms with E-state index < -0.39 is 0 Å². The third kappa shape index (κ3) is 4.52. The van der Waals surface area contributed by atoms with Gasteiger partial charge in [0.15, 0.2) is 0 Å². The molecule has 3 atom stereocenters. The molecule has 0 bridgehead atoms. The number of aliphatic hydroxyl groups excluding tert-OH is 1. The second-order valence-corrected chi connectivity index (χ2v) is 10.1. The lowest BCUT2D eigenvalue weighted by atomic mass is 9.58. The molecule has 34 heavy (non-hydrogen) atoms. The summed E-state index contributed by atoms with van der Waals surface area (Å²) in [5.74, 6) is 0.425. The molecule has 5 rings (SSSR count). The topological polar surface area (TPSA) is 62.2 Å². The van der Waals surface area contributed by atoms with E-state index in [-0.39, 0.29) is 17.4 Å². The number of aliphatic hydroxyl groups is 1. The number of rotatable bonds is 5. The second kappa shape index (κ2) is 9.71. The number of benzene rings is 2. The van der Waals surface area contributed by atoms with Crippen molar-refractivity contribution in [1.82, 2.24) is 10.3 Å². The van der Waals surface area contributed by atoms with Gasteiger partial charge in [-0.25, -0.2) is 0 Å². The number of aromatic nitrogens is 1. The fourth-order valence-corrected chi connectivity index (χ4v) is 6.29. The van der Waals surface area contributed by atoms with Crippen molar-refractivity contribution in [3.05, 3.63) is 100 Å². The van der Waals surface area contributed by atoms with Gasteiger partial charge >= 0.3 is 0 Å². The Kier molecular flexibility index (Phi) is 6.51. The third-order valence-corrected chi connectivity index (χ3v) is 8.08. The largest absolute Gasteiger partial charge is 0.393 e. The van der Waals surface area contributed by atoms with Gasteiger partial charge in [0.2, 0.25) is 0 Å². The van der Waals surface area contributed by atoms with Crippen molar-refractivity contribution in [2.24, 2.45) is 5.92 Å². The minimum atomic E-state index is -0.198. The number of amides is 1. The van der Waals surface area contributed by atoms with E-state index >= 15 is 0 Å². The Bertz CT molecular complexity index is 1160. The van der Waals surface area contributed by atoms with Crippen LogP contribution in [-0.2, 0) is 24.8 Å². The molecule has 4 heteroatoms. The maximum absolute atomic E-state index is 13.0. The normalized spacial score (nSPS) is 23.9. The lowest BCUT2D eigenvalue weighted by molar-refractivity contribution is 0.0468. The monoisotopic (exact) mass is 454 g/mol. The first-order valence-electron chi connectivity index (χ1n) is 12.6. The van der Waals surface area contributed by atoms with Crippen molar-refractivity contribution in [2.75, 3.05) is 0 Å². The zero-order valence-corrected chi connectivity index (χ0v) is 20.0. The molecule has 1 heterocycles. The summed E-state index contributed by atoms with van der Waals surface area (Å²) in [5, 5.41) is 13.6. The van der Waals surface area contributed by atoms with Gasteiger partial charge in [-0.2, -0.15) is 0 Å². The molecule has 3 aromatic rings. The van der Waals surface area contributed by atoms with Gasteiger partial charge in [0, 0.05) is 29.4 Å². The average Bonchev–Trinajstić information content (AvgIpc) is 3.00. The van der Waals surface area contributed by atoms with Gasteiger partial charge in [-0.1, -0.05) is 42.5 Å². The van der Waals surface area contributed by atoms with Crippen molar-refractivity contribution in [1.29, 1.82) is 0 Å². The summed E-state index contributed by atoms with van der Waals surface area (Å²) < 4.78 is 0. The molecule has 3 unspecified atom stereocenters. The summed E-state index contributed by atoms with van der Waals surface area (Å²) >= 11 is 0. The van der Waals surface area contributed by atoms with Crippen LogP contribution >= 0.6 is 0 Å². The number of pyridine rings is 1. The highest BCUT2D eigenvalue weighted by Gasteiger charge is 2.46. The predicted molar refractivity (Wildman–Crippen MR) is 135 cm³/mol. The van der Waals surface area contributed by atoms with Gasteiger partial charge < -0.3 is 10.4 Å². The first-order chi connectivity index (χ1) is 16.5. The van der Waals surface area contributed by atoms with E-state index in [1.165, 1.54) is 16.7 Å². The molecule has 1 amide bonds. The van der Waals surface area contributed by atoms with Crippen LogP contribution in [0.1, 0.15) is 70.4 Å². The molecule has 0 spiro atoms. The second-order valence-electron chi connectivity index (χ2n) is 10.1. The quantitative estimate of drug-likeness (QED) is 0.550. The summed E-state index contributed by atoms with van der Waals surface area (Å²) in [6, 6.07) is 21.0. The van der Waals surface area contributed by atoms with Crippen LogP contribution < -0.4 is 5.32 Å². The van der Waals surface area contributed by atoms with Crippen molar-refractivity contribution >= 4 is 5.91 Å². The number of hydrogen-bond acceptors (Lipinski definition) is 3. The van der Waals surface area contributed by atoms with Gasteiger partial charge in [0.25, 0.3) is 5.91 Å². The van der Waals surface area contributed by atoms with Gasteiger partial charge in [0.1, 0.15) is 0 Å². The molecule has 0 aliphatic heterocycles. The molecule has 0 radical (unpaired) electrons. The molecule has 1 fully saturated rings. The molecule has 2 aliphatic carbocycles. The molecule has 176 valence electrons. The Hall–Kier alpha value is -2.98. The van der Waals surface area contributed by atoms with Crippen molar-refractivity contribution < 1.29 is 9.90 Å². The summed E-state index contributed by atoms with van der Waals surface area (Å²) in [6.45, 7) is 2.45. The highest BCUT2D eigenvalue weighted by Crippen LogP contribution is 2.51. The van der Waals surface area contributed by atoms with Crippen LogP contribution in [0.15, 0.2) is 66.9 Å². The van der Waals surface area contributed by atoms with Gasteiger partial charge in [-0.3, -0.25) is 9.78 Å². The van der Waals surface area contributed by atoms with Crippen LogP contribution in [0.25, 0.3) is 0 Å². The van der Waals surface area contributed by atoms with Crippen molar-refractivity contribution in [3.63, 3.8) is 0 Å². The Morgan fingerprint density at radius 2 is 1.97 bits per heavy atom. The van der Waals surface area contributed by atoms with E-state index in [0.717, 1.165) is 61.8 Å². The van der Waals surface area contributed by atoms with E-state index in [0.29, 0.717) is 12.5 Å². The maximum atomic E-state index is 13.0. The highest BCUT2D eigenvalue weighted by atomic mass is 16.3. The van der Waals surface area contributed by atoms with Crippen LogP contribution in [0.3, 0.4) is 0 Å². The molecule has 2 aromatic carbocycles. The third-order valence-electron chi connectivity index (χ3n) is 8.08. The minimum absolute atomic E-state index is 0.0221. The molecular weight excluding hydrogens is 420 g/mol. The van der Waals surface area contributed by atoms with E-state index in [2.05, 4.69) is 52.8 Å². The van der Waals surface area contributed by atoms with Crippen molar-refractivity contribution in [2.45, 2.75) is 69.9 Å². The molecule has 0 saturated heterocycles. The Morgan fingerprint density at radius 3 is 2.79 bits per heavy atom. The molecule has 2 aliphatic rings. The number of nitrogens with one attached hydrogen (secondary N) is 1. The SMILES string of the molecule is Cc1ncccc1CNC(=O)c1ccc2c(c1)CCCC1CC(O)CCC21Cc1ccccc1. The van der Waals surface area contributed by atoms with Crippen LogP contribution in [0.2, 0.25) is 0 Å². The molecule has 4 nitrogen and oxygen atoms in total. The van der Waals surface area contributed by atoms with Crippen LogP contribution in [0.5, 0.6) is 0 Å². The van der Waals surface area contributed by atoms with E-state index in [1.54, 1.807) is 6.20 Å². The Labute approximate surface area is 202 Å². The van der Waals surface area contributed by atoms with Crippen LogP contribution in [0, 0.1) is 12.8 Å². The molecular formula is C30H34N2O2. The van der Waals surface area contributed by atoms with E-state index in [4.69, 9.17) is 0 Å². The van der Waals surface area contributed by atoms with Gasteiger partial charge in [-0.15, -0.1) is 0 Å². The average molecular weight is 455 g/mol. The predicted octanol–water partition coefficient (Wildman–Crippen LogP) is 5.30. The molecule has 1 saturated carbocycles. The lowest BCUT2D eigenvalue weighted by Gasteiger charge is -2.46. The minimum Gasteiger partial charge on any atom is -0.393 e. The smallest absolute Gasteiger partial charge is 0.251 e. The summed E-state index contributed by atoms with van der Waals surface area (Å²) in [6.07, 6.45) is 8.49. The standard InChI is InChI=1S/C30H34N2O2/c1-21-25(10-6-16-31-21)20-32-29(34)24-12-13-28-23(17-24)9-5-11-26-18-27(33)14-15-30(26,28)19-22-7-3-2-4-8-22/h2-4,6-8,10,12-13,16-17,26-27,33H,5,9,11,14-15,18-20H2,1H3,(H,32,34). The fourth-order valence-electron chi connectivity index (χ4n) is 6.29. The Morgan fingerprint density at radius 1 is 1.12 bits per heavy atom. The number of carbonyl (C=O) groups is 1. The van der Waals surface area contributed by atoms with E-state index in [1.807, 2.05) is 25.1 Å². The first-order valence-corrected chi connectivity index (χ1v) is 12.6.